The van der Waals surface area contributed by atoms with Gasteiger partial charge in [-0.15, -0.1) is 11.3 Å². The summed E-state index contributed by atoms with van der Waals surface area (Å²) in [5, 5.41) is 8.01. The molecular weight excluding hydrogens is 424 g/mol. The van der Waals surface area contributed by atoms with E-state index in [0.29, 0.717) is 11.6 Å². The fourth-order valence-electron chi connectivity index (χ4n) is 3.87. The highest BCUT2D eigenvalue weighted by Crippen LogP contribution is 2.30. The molecule has 1 atom stereocenters. The number of halogens is 1. The molecule has 0 saturated carbocycles. The zero-order valence-electron chi connectivity index (χ0n) is 16.4. The largest absolute Gasteiger partial charge is 0.353 e. The van der Waals surface area contributed by atoms with Crippen LogP contribution in [-0.2, 0) is 22.6 Å². The summed E-state index contributed by atoms with van der Waals surface area (Å²) >= 11 is 7.86. The van der Waals surface area contributed by atoms with Crippen LogP contribution in [0.1, 0.15) is 28.5 Å². The molecule has 1 saturated heterocycles. The van der Waals surface area contributed by atoms with Crippen LogP contribution < -0.4 is 10.6 Å². The molecule has 0 spiro atoms. The van der Waals surface area contributed by atoms with E-state index in [9.17, 15) is 14.4 Å². The Bertz CT molecular complexity index is 946. The van der Waals surface area contributed by atoms with Gasteiger partial charge in [-0.2, -0.15) is 0 Å². The van der Waals surface area contributed by atoms with E-state index in [-0.39, 0.29) is 37.4 Å². The third kappa shape index (κ3) is 4.83. The van der Waals surface area contributed by atoms with Gasteiger partial charge in [-0.25, -0.2) is 4.79 Å². The molecule has 2 aliphatic rings. The highest BCUT2D eigenvalue weighted by atomic mass is 35.5. The lowest BCUT2D eigenvalue weighted by Crippen LogP contribution is -2.52. The van der Waals surface area contributed by atoms with Gasteiger partial charge in [0.1, 0.15) is 6.54 Å². The van der Waals surface area contributed by atoms with E-state index in [2.05, 4.69) is 27.0 Å². The number of amides is 4. The second kappa shape index (κ2) is 9.16. The summed E-state index contributed by atoms with van der Waals surface area (Å²) in [5.41, 5.74) is 2.42. The zero-order valence-corrected chi connectivity index (χ0v) is 18.0. The molecule has 0 radical (unpaired) electrons. The Morgan fingerprint density at radius 3 is 2.73 bits per heavy atom. The molecule has 7 nitrogen and oxygen atoms in total. The van der Waals surface area contributed by atoms with Crippen molar-refractivity contribution < 1.29 is 14.4 Å². The zero-order chi connectivity index (χ0) is 21.1. The van der Waals surface area contributed by atoms with Gasteiger partial charge in [-0.1, -0.05) is 23.7 Å². The maximum Gasteiger partial charge on any atom is 0.324 e. The first kappa shape index (κ1) is 20.8. The smallest absolute Gasteiger partial charge is 0.324 e. The molecule has 3 heterocycles. The third-order valence-electron chi connectivity index (χ3n) is 5.50. The van der Waals surface area contributed by atoms with Crippen LogP contribution in [0.2, 0.25) is 5.02 Å². The standard InChI is InChI=1S/C21H23ClN4O3S/c22-16-3-1-14(2-4-16)17(25-8-5-18-15(12-25)7-10-30-18)11-23-20(28)13-26-9-6-19(27)24-21(26)29/h1-4,7,10,17H,5-6,8-9,11-13H2,(H,23,28)(H,24,27,29). The number of urea groups is 1. The van der Waals surface area contributed by atoms with Gasteiger partial charge >= 0.3 is 6.03 Å². The number of fused-ring (bicyclic) bond motifs is 1. The van der Waals surface area contributed by atoms with Gasteiger partial charge < -0.3 is 10.2 Å². The number of carbonyl (C=O) groups excluding carboxylic acids is 3. The fourth-order valence-corrected chi connectivity index (χ4v) is 4.88. The summed E-state index contributed by atoms with van der Waals surface area (Å²) in [6.45, 7) is 2.35. The summed E-state index contributed by atoms with van der Waals surface area (Å²) in [5.74, 6) is -0.552. The first-order valence-corrected chi connectivity index (χ1v) is 11.2. The van der Waals surface area contributed by atoms with E-state index in [1.165, 1.54) is 15.3 Å². The lowest BCUT2D eigenvalue weighted by Gasteiger charge is -2.35. The second-order valence-corrected chi connectivity index (χ2v) is 8.92. The normalized spacial score (nSPS) is 18.0. The van der Waals surface area contributed by atoms with Crippen molar-refractivity contribution in [3.8, 4) is 0 Å². The molecule has 1 aromatic carbocycles. The highest BCUT2D eigenvalue weighted by Gasteiger charge is 2.28. The van der Waals surface area contributed by atoms with Crippen LogP contribution in [0.3, 0.4) is 0 Å². The van der Waals surface area contributed by atoms with Gasteiger partial charge in [0, 0.05) is 42.5 Å². The number of rotatable bonds is 6. The molecular formula is C21H23ClN4O3S. The fraction of sp³-hybridized carbons (Fsp3) is 0.381. The predicted octanol–water partition coefficient (Wildman–Crippen LogP) is 2.56. The van der Waals surface area contributed by atoms with Crippen LogP contribution in [0.4, 0.5) is 4.79 Å². The second-order valence-electron chi connectivity index (χ2n) is 7.49. The first-order valence-electron chi connectivity index (χ1n) is 9.90. The number of hydrogen-bond donors (Lipinski definition) is 2. The summed E-state index contributed by atoms with van der Waals surface area (Å²) < 4.78 is 0. The molecule has 1 fully saturated rings. The SMILES string of the molecule is O=C(CN1CCC(=O)NC1=O)NCC(c1ccc(Cl)cc1)N1CCc2sccc2C1. The Morgan fingerprint density at radius 2 is 1.97 bits per heavy atom. The van der Waals surface area contributed by atoms with Crippen molar-refractivity contribution in [1.82, 2.24) is 20.4 Å². The molecule has 2 aliphatic heterocycles. The molecule has 9 heteroatoms. The van der Waals surface area contributed by atoms with Gasteiger partial charge in [0.15, 0.2) is 0 Å². The van der Waals surface area contributed by atoms with Crippen LogP contribution in [0.15, 0.2) is 35.7 Å². The molecule has 4 rings (SSSR count). The van der Waals surface area contributed by atoms with E-state index in [4.69, 9.17) is 11.6 Å². The number of benzene rings is 1. The number of nitrogens with zero attached hydrogens (tertiary/aromatic N) is 2. The topological polar surface area (TPSA) is 81.8 Å². The average Bonchev–Trinajstić information content (AvgIpc) is 3.19. The molecule has 4 amide bonds. The van der Waals surface area contributed by atoms with Gasteiger partial charge in [-0.05, 0) is 41.1 Å². The van der Waals surface area contributed by atoms with Crippen LogP contribution in [0.25, 0.3) is 0 Å². The van der Waals surface area contributed by atoms with Gasteiger partial charge in [0.05, 0.1) is 6.04 Å². The maximum absolute atomic E-state index is 12.5. The van der Waals surface area contributed by atoms with Crippen molar-refractivity contribution in [3.05, 3.63) is 56.7 Å². The minimum absolute atomic E-state index is 0.00368. The Kier molecular flexibility index (Phi) is 6.36. The molecule has 1 aromatic heterocycles. The first-order chi connectivity index (χ1) is 14.5. The van der Waals surface area contributed by atoms with Crippen LogP contribution in [-0.4, -0.2) is 53.8 Å². The van der Waals surface area contributed by atoms with E-state index in [0.717, 1.165) is 25.1 Å². The van der Waals surface area contributed by atoms with Crippen LogP contribution in [0, 0.1) is 0 Å². The van der Waals surface area contributed by atoms with Crippen molar-refractivity contribution in [1.29, 1.82) is 0 Å². The monoisotopic (exact) mass is 446 g/mol. The van der Waals surface area contributed by atoms with Crippen molar-refractivity contribution >= 4 is 40.8 Å². The van der Waals surface area contributed by atoms with Crippen molar-refractivity contribution in [2.45, 2.75) is 25.4 Å². The quantitative estimate of drug-likeness (QED) is 0.714. The summed E-state index contributed by atoms with van der Waals surface area (Å²) in [6, 6.07) is 9.35. The Labute approximate surface area is 184 Å². The Balaban J connectivity index is 1.42. The summed E-state index contributed by atoms with van der Waals surface area (Å²) in [6.07, 6.45) is 1.20. The van der Waals surface area contributed by atoms with Crippen LogP contribution in [0.5, 0.6) is 0 Å². The molecule has 2 aromatic rings. The molecule has 0 bridgehead atoms. The predicted molar refractivity (Wildman–Crippen MR) is 115 cm³/mol. The lowest BCUT2D eigenvalue weighted by atomic mass is 10.0. The summed E-state index contributed by atoms with van der Waals surface area (Å²) in [7, 11) is 0. The number of imide groups is 1. The van der Waals surface area contributed by atoms with E-state index < -0.39 is 6.03 Å². The van der Waals surface area contributed by atoms with Crippen molar-refractivity contribution in [2.24, 2.45) is 0 Å². The van der Waals surface area contributed by atoms with Gasteiger partial charge in [0.25, 0.3) is 0 Å². The number of carbonyl (C=O) groups is 3. The minimum Gasteiger partial charge on any atom is -0.353 e. The lowest BCUT2D eigenvalue weighted by molar-refractivity contribution is -0.125. The van der Waals surface area contributed by atoms with Crippen molar-refractivity contribution in [2.75, 3.05) is 26.2 Å². The van der Waals surface area contributed by atoms with Gasteiger partial charge in [0.2, 0.25) is 11.8 Å². The average molecular weight is 447 g/mol. The van der Waals surface area contributed by atoms with E-state index >= 15 is 0 Å². The molecule has 158 valence electrons. The van der Waals surface area contributed by atoms with Crippen molar-refractivity contribution in [3.63, 3.8) is 0 Å². The van der Waals surface area contributed by atoms with Crippen LogP contribution >= 0.6 is 22.9 Å². The van der Waals surface area contributed by atoms with E-state index in [1.54, 1.807) is 11.3 Å². The number of nitrogens with one attached hydrogen (secondary N) is 2. The van der Waals surface area contributed by atoms with E-state index in [1.807, 2.05) is 24.3 Å². The summed E-state index contributed by atoms with van der Waals surface area (Å²) in [4.78, 5) is 40.8. The van der Waals surface area contributed by atoms with Gasteiger partial charge in [-0.3, -0.25) is 19.8 Å². The third-order valence-corrected chi connectivity index (χ3v) is 6.78. The molecule has 0 aliphatic carbocycles. The molecule has 2 N–H and O–H groups in total. The maximum atomic E-state index is 12.5. The minimum atomic E-state index is -0.517. The highest BCUT2D eigenvalue weighted by molar-refractivity contribution is 7.10. The Morgan fingerprint density at radius 1 is 1.17 bits per heavy atom. The Hall–Kier alpha value is -2.42. The molecule has 1 unspecified atom stereocenters. The number of thiophene rings is 1. The number of hydrogen-bond acceptors (Lipinski definition) is 5. The molecule has 30 heavy (non-hydrogen) atoms.